The predicted molar refractivity (Wildman–Crippen MR) is 199 cm³/mol. The number of rotatable bonds is 10. The number of hydrogen-bond donors (Lipinski definition) is 7. The second kappa shape index (κ2) is 14.1. The number of phenolic OH excluding ortho intramolecular Hbond substituents is 1. The molecule has 0 amide bonds. The molecule has 0 radical (unpaired) electrons. The number of halogens is 1. The van der Waals surface area contributed by atoms with Crippen molar-refractivity contribution in [2.24, 2.45) is 10.2 Å². The fourth-order valence-electron chi connectivity index (χ4n) is 5.63. The number of para-hydroxylation sites is 1. The maximum Gasteiger partial charge on any atom is 0.297 e. The van der Waals surface area contributed by atoms with Crippen LogP contribution in [0.2, 0.25) is 5.28 Å². The molecule has 53 heavy (non-hydrogen) atoms. The van der Waals surface area contributed by atoms with Crippen molar-refractivity contribution < 1.29 is 44.7 Å². The van der Waals surface area contributed by atoms with Gasteiger partial charge < -0.3 is 29.0 Å². The molecule has 0 saturated heterocycles. The number of aromatic nitrogens is 3. The molecular formula is C32H28ClN7O10S3. The van der Waals surface area contributed by atoms with Crippen LogP contribution in [0, 0.1) is 6.92 Å². The Morgan fingerprint density at radius 1 is 0.811 bits per heavy atom. The van der Waals surface area contributed by atoms with Crippen molar-refractivity contribution in [1.29, 1.82) is 0 Å². The van der Waals surface area contributed by atoms with Gasteiger partial charge in [-0.05, 0) is 78.2 Å². The lowest BCUT2D eigenvalue weighted by atomic mass is 10.1. The Kier molecular flexibility index (Phi) is 10.0. The van der Waals surface area contributed by atoms with Gasteiger partial charge in [-0.25, -0.2) is 0 Å². The van der Waals surface area contributed by atoms with Crippen LogP contribution in [0.4, 0.5) is 34.6 Å². The molecule has 0 aliphatic carbocycles. The fourth-order valence-corrected chi connectivity index (χ4v) is 7.84. The van der Waals surface area contributed by atoms with E-state index in [1.165, 1.54) is 18.2 Å². The summed E-state index contributed by atoms with van der Waals surface area (Å²) in [5, 5.41) is 21.9. The lowest BCUT2D eigenvalue weighted by molar-refractivity contribution is 0.375. The summed E-state index contributed by atoms with van der Waals surface area (Å²) in [7, 11) is -14.7. The highest BCUT2D eigenvalue weighted by molar-refractivity contribution is 8.19. The van der Waals surface area contributed by atoms with E-state index >= 15 is 0 Å². The van der Waals surface area contributed by atoms with E-state index in [0.29, 0.717) is 23.2 Å². The topological polar surface area (TPSA) is 268 Å². The van der Waals surface area contributed by atoms with Gasteiger partial charge in [0.1, 0.15) is 27.1 Å². The van der Waals surface area contributed by atoms with Crippen LogP contribution in [0.3, 0.4) is 0 Å². The minimum absolute atomic E-state index is 0.0758. The second-order valence-electron chi connectivity index (χ2n) is 11.3. The van der Waals surface area contributed by atoms with E-state index in [-0.39, 0.29) is 39.0 Å². The van der Waals surface area contributed by atoms with Crippen molar-refractivity contribution in [1.82, 2.24) is 15.0 Å². The Balaban J connectivity index is 1.58. The van der Waals surface area contributed by atoms with Gasteiger partial charge in [0.2, 0.25) is 17.2 Å². The third kappa shape index (κ3) is 7.71. The monoisotopic (exact) mass is 801 g/mol. The summed E-state index contributed by atoms with van der Waals surface area (Å²) < 4.78 is 101. The molecule has 6 aromatic rings. The Morgan fingerprint density at radius 2 is 1.53 bits per heavy atom. The van der Waals surface area contributed by atoms with Gasteiger partial charge in [0, 0.05) is 23.0 Å². The van der Waals surface area contributed by atoms with E-state index in [1.54, 1.807) is 48.2 Å². The van der Waals surface area contributed by atoms with Crippen LogP contribution in [0.25, 0.3) is 21.5 Å². The lowest BCUT2D eigenvalue weighted by Crippen LogP contribution is -2.19. The maximum absolute atomic E-state index is 12.6. The average Bonchev–Trinajstić information content (AvgIpc) is 3.06. The smallest absolute Gasteiger partial charge is 0.297 e. The lowest BCUT2D eigenvalue weighted by Gasteiger charge is -2.23. The van der Waals surface area contributed by atoms with Gasteiger partial charge in [-0.1, -0.05) is 42.5 Å². The number of fused-ring (bicyclic) bond motifs is 2. The largest absolute Gasteiger partial charge is 0.505 e. The van der Waals surface area contributed by atoms with Crippen molar-refractivity contribution in [3.8, 4) is 5.75 Å². The zero-order valence-corrected chi connectivity index (χ0v) is 30.5. The van der Waals surface area contributed by atoms with Gasteiger partial charge >= 0.3 is 0 Å². The average molecular weight is 802 g/mol. The van der Waals surface area contributed by atoms with E-state index in [9.17, 15) is 44.7 Å². The number of azo groups is 1. The third-order valence-electron chi connectivity index (χ3n) is 7.91. The van der Waals surface area contributed by atoms with E-state index in [1.807, 2.05) is 13.0 Å². The summed E-state index contributed by atoms with van der Waals surface area (Å²) in [4.78, 5) is 12.1. The summed E-state index contributed by atoms with van der Waals surface area (Å²) in [5.41, 5.74) is -0.122. The molecule has 0 bridgehead atoms. The first-order valence-corrected chi connectivity index (χ1v) is 19.9. The van der Waals surface area contributed by atoms with Crippen LogP contribution in [-0.4, -0.2) is 66.2 Å². The minimum Gasteiger partial charge on any atom is -0.505 e. The van der Waals surface area contributed by atoms with Crippen molar-refractivity contribution in [3.05, 3.63) is 89.7 Å². The molecule has 7 N–H and O–H groups in total. The Morgan fingerprint density at radius 3 is 2.17 bits per heavy atom. The molecule has 0 aliphatic heterocycles. The quantitative estimate of drug-likeness (QED) is 0.0508. The van der Waals surface area contributed by atoms with Gasteiger partial charge in [0.25, 0.3) is 20.2 Å². The van der Waals surface area contributed by atoms with Crippen LogP contribution >= 0.6 is 22.5 Å². The zero-order valence-electron chi connectivity index (χ0n) is 27.3. The number of benzene rings is 5. The number of nitrogens with one attached hydrogen (secondary N) is 1. The van der Waals surface area contributed by atoms with Crippen LogP contribution in [0.5, 0.6) is 5.75 Å². The zero-order chi connectivity index (χ0) is 38.5. The number of aromatic hydroxyl groups is 1. The van der Waals surface area contributed by atoms with E-state index < -0.39 is 62.9 Å². The van der Waals surface area contributed by atoms with Crippen molar-refractivity contribution in [3.63, 3.8) is 0 Å². The molecule has 0 spiro atoms. The number of anilines is 4. The summed E-state index contributed by atoms with van der Waals surface area (Å²) in [6.45, 7) is 3.93. The normalized spacial score (nSPS) is 12.8. The number of hydrogen-bond acceptors (Lipinski definition) is 15. The molecule has 0 fully saturated rings. The van der Waals surface area contributed by atoms with E-state index in [4.69, 9.17) is 11.6 Å². The third-order valence-corrected chi connectivity index (χ3v) is 10.8. The first-order chi connectivity index (χ1) is 24.9. The molecule has 0 unspecified atom stereocenters. The highest BCUT2D eigenvalue weighted by Crippen LogP contribution is 2.55. The standard InChI is InChI=1S/C32H28ClN7O10S3/c1-3-40(19-9-5-4-6-10-19)32-36-30(33)35-31(37-32)34-24-16-20(51(42,43)44)14-18-15-25(52(45,46)47)27(28(41)26(18)24)39-38-23-13-12-21-17(2)8-7-11-22(21)29(23)53(48,49)50/h4-16,41,45-47H,3H2,1-2H3,(H,42,43,44)(H,48,49,50)(H,34,35,36,37). The molecule has 17 nitrogen and oxygen atoms in total. The van der Waals surface area contributed by atoms with Gasteiger partial charge in [-0.3, -0.25) is 9.11 Å². The summed E-state index contributed by atoms with van der Waals surface area (Å²) >= 11 is 6.26. The highest BCUT2D eigenvalue weighted by Gasteiger charge is 2.29. The molecular weight excluding hydrogens is 774 g/mol. The maximum atomic E-state index is 12.6. The predicted octanol–water partition coefficient (Wildman–Crippen LogP) is 8.24. The van der Waals surface area contributed by atoms with Crippen molar-refractivity contribution in [2.45, 2.75) is 28.5 Å². The molecule has 1 heterocycles. The van der Waals surface area contributed by atoms with Crippen LogP contribution in [0.15, 0.2) is 104 Å². The molecule has 5 aromatic carbocycles. The first-order valence-electron chi connectivity index (χ1n) is 15.1. The first kappa shape index (κ1) is 37.7. The molecule has 1 aromatic heterocycles. The molecule has 276 valence electrons. The molecule has 6 rings (SSSR count). The van der Waals surface area contributed by atoms with Crippen molar-refractivity contribution in [2.75, 3.05) is 16.8 Å². The summed E-state index contributed by atoms with van der Waals surface area (Å²) in [6.07, 6.45) is 0. The number of aryl methyl sites for hydroxylation is 1. The molecule has 0 aliphatic rings. The van der Waals surface area contributed by atoms with Crippen LogP contribution in [-0.2, 0) is 20.2 Å². The highest BCUT2D eigenvalue weighted by atomic mass is 35.5. The Bertz CT molecular complexity index is 2680. The summed E-state index contributed by atoms with van der Waals surface area (Å²) in [5.74, 6) is -1.11. The fraction of sp³-hybridized carbons (Fsp3) is 0.0938. The van der Waals surface area contributed by atoms with Crippen LogP contribution in [0.1, 0.15) is 12.5 Å². The second-order valence-corrected chi connectivity index (χ2v) is 15.9. The van der Waals surface area contributed by atoms with Crippen molar-refractivity contribution >= 4 is 98.9 Å². The SMILES string of the molecule is CCN(c1ccccc1)c1nc(Cl)nc(Nc2cc(S(=O)(=O)O)cc3cc(S(O)(O)O)c(N=Nc4ccc5c(C)cccc5c4S(=O)(=O)O)c(O)c23)n1. The molecule has 21 heteroatoms. The summed E-state index contributed by atoms with van der Waals surface area (Å²) in [6, 6.07) is 19.1. The minimum atomic E-state index is -4.95. The van der Waals surface area contributed by atoms with Gasteiger partial charge in [-0.2, -0.15) is 31.8 Å². The number of nitrogens with zero attached hydrogens (tertiary/aromatic N) is 6. The van der Waals surface area contributed by atoms with Gasteiger partial charge in [0.05, 0.1) is 15.5 Å². The Labute approximate surface area is 308 Å². The van der Waals surface area contributed by atoms with E-state index in [0.717, 1.165) is 18.2 Å². The molecule has 0 saturated carbocycles. The molecule has 0 atom stereocenters. The Hall–Kier alpha value is -5.03. The van der Waals surface area contributed by atoms with Gasteiger partial charge in [-0.15, -0.1) is 10.2 Å². The van der Waals surface area contributed by atoms with Gasteiger partial charge in [0.15, 0.2) is 5.75 Å². The number of phenols is 1. The van der Waals surface area contributed by atoms with Crippen LogP contribution < -0.4 is 10.2 Å². The van der Waals surface area contributed by atoms with E-state index in [2.05, 4.69) is 30.5 Å².